The summed E-state index contributed by atoms with van der Waals surface area (Å²) in [7, 11) is 1.64. The van der Waals surface area contributed by atoms with Crippen molar-refractivity contribution in [2.24, 2.45) is 0 Å². The fourth-order valence-electron chi connectivity index (χ4n) is 5.10. The molecule has 0 spiro atoms. The number of carbonyl (C=O) groups excluding carboxylic acids is 1. The van der Waals surface area contributed by atoms with Crippen LogP contribution in [0.2, 0.25) is 0 Å². The van der Waals surface area contributed by atoms with Gasteiger partial charge in [-0.15, -0.1) is 0 Å². The summed E-state index contributed by atoms with van der Waals surface area (Å²) in [6.07, 6.45) is -2.89. The Bertz CT molecular complexity index is 1040. The van der Waals surface area contributed by atoms with Gasteiger partial charge in [-0.25, -0.2) is 0 Å². The lowest BCUT2D eigenvalue weighted by molar-refractivity contribution is -0.137. The number of methoxy groups -OCH3 is 1. The average molecular weight is 478 g/mol. The van der Waals surface area contributed by atoms with Crippen LogP contribution in [-0.4, -0.2) is 66.2 Å². The molecule has 0 radical (unpaired) electrons. The molecule has 1 aromatic heterocycles. The Morgan fingerprint density at radius 2 is 1.88 bits per heavy atom. The molecule has 2 bridgehead atoms. The van der Waals surface area contributed by atoms with E-state index in [1.54, 1.807) is 12.0 Å². The van der Waals surface area contributed by atoms with Crippen LogP contribution in [0.4, 0.5) is 13.2 Å². The number of amides is 1. The van der Waals surface area contributed by atoms with Gasteiger partial charge in [0.05, 0.1) is 12.2 Å². The van der Waals surface area contributed by atoms with Gasteiger partial charge in [-0.3, -0.25) is 14.7 Å². The van der Waals surface area contributed by atoms with Gasteiger partial charge in [0, 0.05) is 44.5 Å². The highest BCUT2D eigenvalue weighted by Gasteiger charge is 2.47. The molecule has 0 N–H and O–H groups in total. The van der Waals surface area contributed by atoms with E-state index in [1.807, 2.05) is 6.07 Å². The van der Waals surface area contributed by atoms with Crippen molar-refractivity contribution in [1.82, 2.24) is 14.8 Å². The quantitative estimate of drug-likeness (QED) is 0.554. The van der Waals surface area contributed by atoms with E-state index in [4.69, 9.17) is 9.47 Å². The molecular weight excluding hydrogens is 447 g/mol. The highest BCUT2D eigenvalue weighted by molar-refractivity contribution is 5.93. The highest BCUT2D eigenvalue weighted by atomic mass is 19.4. The zero-order valence-electron chi connectivity index (χ0n) is 19.9. The second kappa shape index (κ2) is 9.54. The number of benzene rings is 1. The SMILES string of the molecule is COCCOc1ccc([C@H](C)N2C[C@H]3C[C@@H]2CN3C(=O)c2ccc(C(F)(F)F)cn2)c(C)c1C. The standard InChI is InChI=1S/C25H30F3N3O3/c1-15-16(2)23(34-10-9-33-4)8-6-21(15)17(3)30-13-20-11-19(30)14-31(20)24(32)22-7-5-18(12-29-22)25(26,27)28/h5-8,12,17,19-20H,9-11,13-14H2,1-4H3/t17-,19+,20+/m0/s1. The number of pyridine rings is 1. The summed E-state index contributed by atoms with van der Waals surface area (Å²) >= 11 is 0. The molecule has 1 amide bonds. The first kappa shape index (κ1) is 24.5. The van der Waals surface area contributed by atoms with Crippen LogP contribution >= 0.6 is 0 Å². The Labute approximate surface area is 197 Å². The van der Waals surface area contributed by atoms with Gasteiger partial charge in [-0.2, -0.15) is 13.2 Å². The zero-order chi connectivity index (χ0) is 24.6. The van der Waals surface area contributed by atoms with Gasteiger partial charge in [0.1, 0.15) is 18.1 Å². The lowest BCUT2D eigenvalue weighted by Gasteiger charge is -2.38. The van der Waals surface area contributed by atoms with Gasteiger partial charge >= 0.3 is 6.18 Å². The van der Waals surface area contributed by atoms with Gasteiger partial charge in [0.25, 0.3) is 5.91 Å². The Morgan fingerprint density at radius 3 is 2.47 bits per heavy atom. The Hall–Kier alpha value is -2.65. The van der Waals surface area contributed by atoms with E-state index in [0.717, 1.165) is 36.5 Å². The summed E-state index contributed by atoms with van der Waals surface area (Å²) in [5.41, 5.74) is 2.72. The van der Waals surface area contributed by atoms with Crippen LogP contribution in [0.1, 0.15) is 52.1 Å². The van der Waals surface area contributed by atoms with Crippen LogP contribution in [0.15, 0.2) is 30.5 Å². The van der Waals surface area contributed by atoms with Crippen LogP contribution in [0, 0.1) is 13.8 Å². The average Bonchev–Trinajstić information content (AvgIpc) is 3.42. The molecule has 6 nitrogen and oxygen atoms in total. The summed E-state index contributed by atoms with van der Waals surface area (Å²) in [6, 6.07) is 6.60. The Balaban J connectivity index is 1.42. The third kappa shape index (κ3) is 4.63. The van der Waals surface area contributed by atoms with Gasteiger partial charge in [0.15, 0.2) is 0 Å². The van der Waals surface area contributed by atoms with Crippen LogP contribution in [0.25, 0.3) is 0 Å². The van der Waals surface area contributed by atoms with E-state index < -0.39 is 11.7 Å². The number of carbonyl (C=O) groups is 1. The molecule has 34 heavy (non-hydrogen) atoms. The Kier molecular flexibility index (Phi) is 6.87. The maximum Gasteiger partial charge on any atom is 0.417 e. The predicted octanol–water partition coefficient (Wildman–Crippen LogP) is 4.40. The van der Waals surface area contributed by atoms with Crippen molar-refractivity contribution in [2.45, 2.75) is 51.5 Å². The third-order valence-electron chi connectivity index (χ3n) is 7.13. The molecular formula is C25H30F3N3O3. The van der Waals surface area contributed by atoms with E-state index in [9.17, 15) is 18.0 Å². The van der Waals surface area contributed by atoms with Crippen molar-refractivity contribution in [3.63, 3.8) is 0 Å². The molecule has 1 aromatic carbocycles. The number of fused-ring (bicyclic) bond motifs is 2. The number of likely N-dealkylation sites (tertiary alicyclic amines) is 2. The van der Waals surface area contributed by atoms with Gasteiger partial charge in [-0.1, -0.05) is 6.07 Å². The van der Waals surface area contributed by atoms with Crippen molar-refractivity contribution in [1.29, 1.82) is 0 Å². The van der Waals surface area contributed by atoms with Crippen LogP contribution in [-0.2, 0) is 10.9 Å². The van der Waals surface area contributed by atoms with Crippen molar-refractivity contribution >= 4 is 5.91 Å². The normalized spacial score (nSPS) is 21.2. The number of alkyl halides is 3. The lowest BCUT2D eigenvalue weighted by atomic mass is 9.96. The number of hydrogen-bond acceptors (Lipinski definition) is 5. The number of piperazine rings is 1. The molecule has 2 saturated heterocycles. The molecule has 2 fully saturated rings. The molecule has 2 aliphatic rings. The van der Waals surface area contributed by atoms with Gasteiger partial charge < -0.3 is 14.4 Å². The lowest BCUT2D eigenvalue weighted by Crippen LogP contribution is -2.49. The minimum absolute atomic E-state index is 0.0297. The number of halogens is 3. The predicted molar refractivity (Wildman–Crippen MR) is 121 cm³/mol. The number of ether oxygens (including phenoxy) is 2. The number of hydrogen-bond donors (Lipinski definition) is 0. The topological polar surface area (TPSA) is 54.9 Å². The third-order valence-corrected chi connectivity index (χ3v) is 7.13. The molecule has 0 unspecified atom stereocenters. The first-order valence-corrected chi connectivity index (χ1v) is 11.4. The number of aromatic nitrogens is 1. The molecule has 184 valence electrons. The largest absolute Gasteiger partial charge is 0.491 e. The molecule has 0 aliphatic carbocycles. The molecule has 0 saturated carbocycles. The van der Waals surface area contributed by atoms with E-state index in [0.29, 0.717) is 19.8 Å². The van der Waals surface area contributed by atoms with Crippen LogP contribution in [0.5, 0.6) is 5.75 Å². The first-order valence-electron chi connectivity index (χ1n) is 11.4. The fourth-order valence-corrected chi connectivity index (χ4v) is 5.10. The number of nitrogens with zero attached hydrogens (tertiary/aromatic N) is 3. The van der Waals surface area contributed by atoms with E-state index in [2.05, 4.69) is 36.7 Å². The van der Waals surface area contributed by atoms with Gasteiger partial charge in [0.2, 0.25) is 0 Å². The van der Waals surface area contributed by atoms with Crippen molar-refractivity contribution < 1.29 is 27.4 Å². The maximum absolute atomic E-state index is 12.9. The summed E-state index contributed by atoms with van der Waals surface area (Å²) in [4.78, 5) is 20.9. The summed E-state index contributed by atoms with van der Waals surface area (Å²) in [5, 5.41) is 0. The van der Waals surface area contributed by atoms with Crippen LogP contribution in [0.3, 0.4) is 0 Å². The van der Waals surface area contributed by atoms with E-state index in [-0.39, 0.29) is 29.7 Å². The maximum atomic E-state index is 12.9. The van der Waals surface area contributed by atoms with E-state index >= 15 is 0 Å². The minimum Gasteiger partial charge on any atom is -0.491 e. The monoisotopic (exact) mass is 477 g/mol. The van der Waals surface area contributed by atoms with Crippen LogP contribution < -0.4 is 4.74 Å². The van der Waals surface area contributed by atoms with Crippen molar-refractivity contribution in [2.75, 3.05) is 33.4 Å². The number of rotatable bonds is 7. The second-order valence-electron chi connectivity index (χ2n) is 9.05. The molecule has 9 heteroatoms. The Morgan fingerprint density at radius 1 is 1.12 bits per heavy atom. The van der Waals surface area contributed by atoms with Crippen molar-refractivity contribution in [3.05, 3.63) is 58.4 Å². The molecule has 2 aromatic rings. The minimum atomic E-state index is -4.47. The summed E-state index contributed by atoms with van der Waals surface area (Å²) < 4.78 is 49.3. The van der Waals surface area contributed by atoms with E-state index in [1.165, 1.54) is 17.2 Å². The first-order chi connectivity index (χ1) is 16.1. The molecule has 4 rings (SSSR count). The summed E-state index contributed by atoms with van der Waals surface area (Å²) in [6.45, 7) is 8.64. The van der Waals surface area contributed by atoms with Gasteiger partial charge in [-0.05, 0) is 62.1 Å². The smallest absolute Gasteiger partial charge is 0.417 e. The zero-order valence-corrected chi connectivity index (χ0v) is 19.9. The molecule has 2 aliphatic heterocycles. The molecule has 3 atom stereocenters. The highest BCUT2D eigenvalue weighted by Crippen LogP contribution is 2.39. The second-order valence-corrected chi connectivity index (χ2v) is 9.05. The molecule has 3 heterocycles. The summed E-state index contributed by atoms with van der Waals surface area (Å²) in [5.74, 6) is 0.548. The fraction of sp³-hybridized carbons (Fsp3) is 0.520. The van der Waals surface area contributed by atoms with Crippen molar-refractivity contribution in [3.8, 4) is 5.75 Å².